The van der Waals surface area contributed by atoms with Crippen LogP contribution in [0.5, 0.6) is 17.8 Å². The molecule has 0 spiro atoms. The molecule has 1 aliphatic rings. The van der Waals surface area contributed by atoms with E-state index in [4.69, 9.17) is 9.47 Å². The minimum atomic E-state index is 0.224. The Hall–Kier alpha value is -2.37. The highest BCUT2D eigenvalue weighted by Crippen LogP contribution is 2.27. The van der Waals surface area contributed by atoms with Crippen LogP contribution in [0.4, 0.5) is 5.95 Å². The molecule has 0 radical (unpaired) electrons. The van der Waals surface area contributed by atoms with Gasteiger partial charge in [0, 0.05) is 7.05 Å². The van der Waals surface area contributed by atoms with Crippen molar-refractivity contribution in [3.8, 4) is 17.8 Å². The highest BCUT2D eigenvalue weighted by atomic mass is 16.5. The minimum Gasteiger partial charge on any atom is -0.467 e. The predicted octanol–water partition coefficient (Wildman–Crippen LogP) is 2.59. The van der Waals surface area contributed by atoms with E-state index in [0.29, 0.717) is 5.95 Å². The molecule has 0 bridgehead atoms. The van der Waals surface area contributed by atoms with E-state index in [0.717, 1.165) is 18.6 Å². The molecule has 3 rings (SSSR count). The van der Waals surface area contributed by atoms with Crippen LogP contribution in [0.25, 0.3) is 0 Å². The van der Waals surface area contributed by atoms with Crippen molar-refractivity contribution in [2.75, 3.05) is 19.5 Å². The Bertz CT molecular complexity index is 623. The smallest absolute Gasteiger partial charge is 0.330 e. The number of hydrogen-bond acceptors (Lipinski definition) is 6. The number of fused-ring (bicyclic) bond motifs is 1. The predicted molar refractivity (Wildman–Crippen MR) is 79.1 cm³/mol. The van der Waals surface area contributed by atoms with Gasteiger partial charge in [0.25, 0.3) is 0 Å². The molecule has 6 heteroatoms. The molecule has 110 valence electrons. The lowest BCUT2D eigenvalue weighted by molar-refractivity contribution is 0.360. The van der Waals surface area contributed by atoms with Gasteiger partial charge in [-0.2, -0.15) is 9.97 Å². The zero-order valence-corrected chi connectivity index (χ0v) is 12.2. The third-order valence-corrected chi connectivity index (χ3v) is 3.53. The van der Waals surface area contributed by atoms with Crippen LogP contribution in [0, 0.1) is 0 Å². The van der Waals surface area contributed by atoms with Crippen LogP contribution in [0.3, 0.4) is 0 Å². The van der Waals surface area contributed by atoms with Gasteiger partial charge >= 0.3 is 12.0 Å². The van der Waals surface area contributed by atoms with Gasteiger partial charge in [0.15, 0.2) is 0 Å². The first kappa shape index (κ1) is 13.6. The number of nitrogens with one attached hydrogen (secondary N) is 1. The van der Waals surface area contributed by atoms with Gasteiger partial charge in [-0.15, -0.1) is 4.98 Å². The number of aromatic nitrogens is 3. The summed E-state index contributed by atoms with van der Waals surface area (Å²) >= 11 is 0. The first-order chi connectivity index (χ1) is 10.3. The highest BCUT2D eigenvalue weighted by molar-refractivity contribution is 5.38. The molecular formula is C15H18N4O2. The maximum Gasteiger partial charge on any atom is 0.330 e. The average molecular weight is 286 g/mol. The molecule has 1 aromatic carbocycles. The van der Waals surface area contributed by atoms with Crippen molar-refractivity contribution in [3.05, 3.63) is 29.3 Å². The second-order valence-electron chi connectivity index (χ2n) is 4.92. The summed E-state index contributed by atoms with van der Waals surface area (Å²) in [6.45, 7) is 0. The van der Waals surface area contributed by atoms with E-state index < -0.39 is 0 Å². The van der Waals surface area contributed by atoms with Gasteiger partial charge < -0.3 is 14.8 Å². The lowest BCUT2D eigenvalue weighted by Gasteiger charge is -2.16. The summed E-state index contributed by atoms with van der Waals surface area (Å²) < 4.78 is 10.8. The van der Waals surface area contributed by atoms with Crippen molar-refractivity contribution >= 4 is 5.95 Å². The van der Waals surface area contributed by atoms with Crippen LogP contribution in [0.15, 0.2) is 18.2 Å². The molecule has 6 nitrogen and oxygen atoms in total. The van der Waals surface area contributed by atoms with Crippen molar-refractivity contribution in [1.29, 1.82) is 0 Å². The number of benzene rings is 1. The van der Waals surface area contributed by atoms with Crippen LogP contribution in [0.1, 0.15) is 24.0 Å². The second kappa shape index (κ2) is 5.95. The fraction of sp³-hybridized carbons (Fsp3) is 0.400. The fourth-order valence-corrected chi connectivity index (χ4v) is 2.47. The number of methoxy groups -OCH3 is 1. The molecular weight excluding hydrogens is 268 g/mol. The lowest BCUT2D eigenvalue weighted by atomic mass is 9.92. The number of hydrogen-bond donors (Lipinski definition) is 1. The number of ether oxygens (including phenoxy) is 2. The van der Waals surface area contributed by atoms with E-state index in [1.807, 2.05) is 6.07 Å². The van der Waals surface area contributed by atoms with Crippen molar-refractivity contribution in [2.45, 2.75) is 25.7 Å². The van der Waals surface area contributed by atoms with Gasteiger partial charge in [0.1, 0.15) is 5.75 Å². The van der Waals surface area contributed by atoms with Crippen LogP contribution in [0.2, 0.25) is 0 Å². The molecule has 0 aliphatic heterocycles. The lowest BCUT2D eigenvalue weighted by Crippen LogP contribution is -2.05. The number of anilines is 1. The third kappa shape index (κ3) is 3.04. The molecule has 2 aromatic rings. The van der Waals surface area contributed by atoms with Crippen molar-refractivity contribution in [3.63, 3.8) is 0 Å². The minimum absolute atomic E-state index is 0.224. The maximum atomic E-state index is 5.75. The number of aryl methyl sites for hydroxylation is 2. The quantitative estimate of drug-likeness (QED) is 0.931. The standard InChI is InChI=1S/C15H18N4O2/c1-16-13-17-14(20-2)19-15(18-13)21-12-8-7-10-5-3-4-6-11(10)9-12/h7-9H,3-6H2,1-2H3,(H,16,17,18,19). The Kier molecular flexibility index (Phi) is 3.85. The molecule has 0 saturated carbocycles. The van der Waals surface area contributed by atoms with E-state index in [2.05, 4.69) is 32.4 Å². The Morgan fingerprint density at radius 3 is 2.52 bits per heavy atom. The topological polar surface area (TPSA) is 69.2 Å². The summed E-state index contributed by atoms with van der Waals surface area (Å²) in [6.07, 6.45) is 4.76. The summed E-state index contributed by atoms with van der Waals surface area (Å²) in [5, 5.41) is 2.86. The maximum absolute atomic E-state index is 5.75. The molecule has 21 heavy (non-hydrogen) atoms. The molecule has 0 fully saturated rings. The summed E-state index contributed by atoms with van der Waals surface area (Å²) in [5.41, 5.74) is 2.77. The van der Waals surface area contributed by atoms with E-state index in [1.165, 1.54) is 31.1 Å². The molecule has 1 aliphatic carbocycles. The number of nitrogens with zero attached hydrogens (tertiary/aromatic N) is 3. The van der Waals surface area contributed by atoms with Crippen molar-refractivity contribution < 1.29 is 9.47 Å². The van der Waals surface area contributed by atoms with Gasteiger partial charge in [-0.25, -0.2) is 0 Å². The van der Waals surface area contributed by atoms with Gasteiger partial charge in [-0.1, -0.05) is 6.07 Å². The Morgan fingerprint density at radius 1 is 1.00 bits per heavy atom. The highest BCUT2D eigenvalue weighted by Gasteiger charge is 2.12. The summed E-state index contributed by atoms with van der Waals surface area (Å²) in [7, 11) is 3.24. The Balaban J connectivity index is 1.86. The number of rotatable bonds is 4. The van der Waals surface area contributed by atoms with Crippen LogP contribution < -0.4 is 14.8 Å². The van der Waals surface area contributed by atoms with Crippen LogP contribution >= 0.6 is 0 Å². The monoisotopic (exact) mass is 286 g/mol. The Morgan fingerprint density at radius 2 is 1.76 bits per heavy atom. The zero-order chi connectivity index (χ0) is 14.7. The second-order valence-corrected chi connectivity index (χ2v) is 4.92. The normalized spacial score (nSPS) is 13.4. The first-order valence-corrected chi connectivity index (χ1v) is 7.06. The van der Waals surface area contributed by atoms with Crippen LogP contribution in [-0.2, 0) is 12.8 Å². The largest absolute Gasteiger partial charge is 0.467 e. The van der Waals surface area contributed by atoms with Gasteiger partial charge in [0.05, 0.1) is 7.11 Å². The van der Waals surface area contributed by atoms with E-state index in [-0.39, 0.29) is 12.0 Å². The summed E-state index contributed by atoms with van der Waals surface area (Å²) in [6, 6.07) is 6.61. The Labute approximate surface area is 123 Å². The van der Waals surface area contributed by atoms with Crippen molar-refractivity contribution in [2.24, 2.45) is 0 Å². The molecule has 1 N–H and O–H groups in total. The molecule has 0 atom stereocenters. The first-order valence-electron chi connectivity index (χ1n) is 7.06. The molecule has 1 heterocycles. The van der Waals surface area contributed by atoms with E-state index in [9.17, 15) is 0 Å². The average Bonchev–Trinajstić information content (AvgIpc) is 2.54. The van der Waals surface area contributed by atoms with Gasteiger partial charge in [-0.3, -0.25) is 0 Å². The molecule has 0 unspecified atom stereocenters. The molecule has 1 aromatic heterocycles. The van der Waals surface area contributed by atoms with E-state index in [1.54, 1.807) is 7.05 Å². The van der Waals surface area contributed by atoms with E-state index >= 15 is 0 Å². The zero-order valence-electron chi connectivity index (χ0n) is 12.2. The summed E-state index contributed by atoms with van der Waals surface area (Å²) in [5.74, 6) is 1.15. The molecule has 0 saturated heterocycles. The van der Waals surface area contributed by atoms with Crippen LogP contribution in [-0.4, -0.2) is 29.1 Å². The fourth-order valence-electron chi connectivity index (χ4n) is 2.47. The third-order valence-electron chi connectivity index (χ3n) is 3.53. The SMILES string of the molecule is CNc1nc(OC)nc(Oc2ccc3c(c2)CCCC3)n1. The van der Waals surface area contributed by atoms with Crippen molar-refractivity contribution in [1.82, 2.24) is 15.0 Å². The van der Waals surface area contributed by atoms with Gasteiger partial charge in [0.2, 0.25) is 5.95 Å². The molecule has 0 amide bonds. The van der Waals surface area contributed by atoms with Gasteiger partial charge in [-0.05, 0) is 48.9 Å². The summed E-state index contributed by atoms with van der Waals surface area (Å²) in [4.78, 5) is 12.3.